The molecule has 1 spiro atoms. The summed E-state index contributed by atoms with van der Waals surface area (Å²) in [5.41, 5.74) is -1.59. The molecule has 0 aromatic heterocycles. The maximum atomic E-state index is 14.4. The van der Waals surface area contributed by atoms with Crippen molar-refractivity contribution in [3.8, 4) is 0 Å². The van der Waals surface area contributed by atoms with Crippen LogP contribution in [0.25, 0.3) is 0 Å². The lowest BCUT2D eigenvalue weighted by Crippen LogP contribution is -2.57. The summed E-state index contributed by atoms with van der Waals surface area (Å²) in [5, 5.41) is 9.93. The van der Waals surface area contributed by atoms with Crippen molar-refractivity contribution >= 4 is 23.4 Å². The van der Waals surface area contributed by atoms with E-state index in [2.05, 4.69) is 4.90 Å². The predicted octanol–water partition coefficient (Wildman–Crippen LogP) is 0.673. The Morgan fingerprint density at radius 2 is 1.65 bits per heavy atom. The molecule has 1 aromatic rings. The van der Waals surface area contributed by atoms with Gasteiger partial charge in [0.25, 0.3) is 0 Å². The maximum absolute atomic E-state index is 14.4. The minimum absolute atomic E-state index is 0.000266. The average molecular weight is 551 g/mol. The molecule has 0 saturated carbocycles. The van der Waals surface area contributed by atoms with Crippen molar-refractivity contribution in [2.75, 3.05) is 70.5 Å². The zero-order valence-corrected chi connectivity index (χ0v) is 23.0. The van der Waals surface area contributed by atoms with E-state index in [4.69, 9.17) is 9.47 Å². The number of carbonyl (C=O) groups is 3. The van der Waals surface area contributed by atoms with Gasteiger partial charge in [-0.3, -0.25) is 19.3 Å². The molecule has 1 aromatic carbocycles. The summed E-state index contributed by atoms with van der Waals surface area (Å²) in [7, 11) is 0. The molecule has 10 heteroatoms. The van der Waals surface area contributed by atoms with Crippen LogP contribution in [0.5, 0.6) is 0 Å². The van der Waals surface area contributed by atoms with E-state index in [0.717, 1.165) is 18.8 Å². The van der Waals surface area contributed by atoms with E-state index < -0.39 is 29.1 Å². The second kappa shape index (κ2) is 10.7. The van der Waals surface area contributed by atoms with Gasteiger partial charge < -0.3 is 29.3 Å². The number of fused-ring (bicyclic) bond motifs is 2. The number of β-amino-alcohol motifs (C(OH)–C–C–N with tert-alkyl or cyclic N) is 1. The van der Waals surface area contributed by atoms with E-state index in [1.807, 2.05) is 61.6 Å². The lowest BCUT2D eigenvalue weighted by atomic mass is 9.73. The zero-order valence-electron chi connectivity index (χ0n) is 23.0. The molecular weight excluding hydrogens is 512 g/mol. The van der Waals surface area contributed by atoms with Gasteiger partial charge in [0.15, 0.2) is 0 Å². The number of amides is 3. The van der Waals surface area contributed by atoms with E-state index >= 15 is 0 Å². The zero-order chi connectivity index (χ0) is 27.9. The van der Waals surface area contributed by atoms with Crippen LogP contribution in [0.3, 0.4) is 0 Å². The molecule has 5 aliphatic rings. The van der Waals surface area contributed by atoms with Crippen LogP contribution in [-0.4, -0.2) is 120 Å². The number of aliphatic hydroxyl groups is 1. The molecule has 40 heavy (non-hydrogen) atoms. The van der Waals surface area contributed by atoms with Gasteiger partial charge in [0, 0.05) is 51.5 Å². The van der Waals surface area contributed by atoms with Gasteiger partial charge in [0.2, 0.25) is 17.7 Å². The molecule has 1 unspecified atom stereocenters. The summed E-state index contributed by atoms with van der Waals surface area (Å²) in [6, 6.07) is 8.48. The summed E-state index contributed by atoms with van der Waals surface area (Å²) < 4.78 is 12.4. The van der Waals surface area contributed by atoms with Crippen molar-refractivity contribution in [1.82, 2.24) is 14.7 Å². The third-order valence-corrected chi connectivity index (χ3v) is 9.22. The molecule has 0 aliphatic carbocycles. The molecule has 0 bridgehead atoms. The number of rotatable bonds is 7. The average Bonchev–Trinajstić information content (AvgIpc) is 3.26. The number of para-hydroxylation sites is 1. The topological polar surface area (TPSA) is 103 Å². The third kappa shape index (κ3) is 4.20. The molecular formula is C30H38N4O6. The van der Waals surface area contributed by atoms with Crippen molar-refractivity contribution < 1.29 is 29.0 Å². The monoisotopic (exact) mass is 550 g/mol. The van der Waals surface area contributed by atoms with Crippen LogP contribution in [0.4, 0.5) is 5.69 Å². The van der Waals surface area contributed by atoms with Gasteiger partial charge in [0.1, 0.15) is 11.6 Å². The molecule has 6 rings (SSSR count). The Labute approximate surface area is 234 Å². The molecule has 3 saturated heterocycles. The fourth-order valence-corrected chi connectivity index (χ4v) is 7.28. The number of nitrogens with zero attached hydrogens (tertiary/aromatic N) is 4. The largest absolute Gasteiger partial charge is 0.395 e. The molecule has 3 amide bonds. The van der Waals surface area contributed by atoms with Crippen LogP contribution >= 0.6 is 0 Å². The van der Waals surface area contributed by atoms with Gasteiger partial charge >= 0.3 is 0 Å². The molecule has 1 N–H and O–H groups in total. The van der Waals surface area contributed by atoms with Gasteiger partial charge in [0.05, 0.1) is 37.3 Å². The number of carbonyl (C=O) groups excluding carboxylic acids is 3. The number of ether oxygens (including phenoxy) is 2. The second-order valence-electron chi connectivity index (χ2n) is 11.2. The van der Waals surface area contributed by atoms with Gasteiger partial charge in [-0.2, -0.15) is 0 Å². The highest BCUT2D eigenvalue weighted by atomic mass is 16.5. The number of hydrogen-bond donors (Lipinski definition) is 1. The Balaban J connectivity index is 1.38. The Bertz CT molecular complexity index is 1200. The summed E-state index contributed by atoms with van der Waals surface area (Å²) in [6.07, 6.45) is 8.13. The van der Waals surface area contributed by atoms with E-state index in [1.165, 1.54) is 4.90 Å². The summed E-state index contributed by atoms with van der Waals surface area (Å²) in [6.45, 7) is 6.63. The lowest BCUT2D eigenvalue weighted by molar-refractivity contribution is -0.152. The number of morpholine rings is 1. The highest BCUT2D eigenvalue weighted by Gasteiger charge is 2.75. The maximum Gasteiger partial charge on any atom is 0.249 e. The molecule has 5 heterocycles. The Morgan fingerprint density at radius 3 is 2.38 bits per heavy atom. The Morgan fingerprint density at radius 1 is 0.900 bits per heavy atom. The molecule has 214 valence electrons. The fourth-order valence-electron chi connectivity index (χ4n) is 7.28. The van der Waals surface area contributed by atoms with Gasteiger partial charge in [-0.05, 0) is 18.6 Å². The highest BCUT2D eigenvalue weighted by Crippen LogP contribution is 2.58. The van der Waals surface area contributed by atoms with E-state index in [0.29, 0.717) is 45.8 Å². The first-order valence-corrected chi connectivity index (χ1v) is 14.4. The second-order valence-corrected chi connectivity index (χ2v) is 11.2. The molecule has 5 atom stereocenters. The van der Waals surface area contributed by atoms with Crippen molar-refractivity contribution in [3.63, 3.8) is 0 Å². The normalized spacial score (nSPS) is 34.1. The molecule has 10 nitrogen and oxygen atoms in total. The van der Waals surface area contributed by atoms with Crippen LogP contribution in [0.1, 0.15) is 13.3 Å². The van der Waals surface area contributed by atoms with Crippen LogP contribution in [0, 0.1) is 11.8 Å². The number of hydrogen-bond acceptors (Lipinski definition) is 7. The SMILES string of the molecule is CC[C@@]12C=CCN(c3ccccc3)C(=O)[C@@H]1[C@H]1C(=O)N(CCO)C3C(=O)N(CCN4CCOCC4)CC=C[C@@]31O2. The van der Waals surface area contributed by atoms with Gasteiger partial charge in [-0.1, -0.05) is 49.4 Å². The first kappa shape index (κ1) is 27.1. The Kier molecular flexibility index (Phi) is 7.28. The number of likely N-dealkylation sites (tertiary alicyclic amines) is 1. The first-order valence-electron chi connectivity index (χ1n) is 14.4. The Hall–Kier alpha value is -3.05. The first-order chi connectivity index (χ1) is 19.5. The van der Waals surface area contributed by atoms with Crippen LogP contribution in [0.2, 0.25) is 0 Å². The number of benzene rings is 1. The van der Waals surface area contributed by atoms with Crippen LogP contribution < -0.4 is 4.90 Å². The van der Waals surface area contributed by atoms with Gasteiger partial charge in [-0.25, -0.2) is 0 Å². The van der Waals surface area contributed by atoms with Crippen molar-refractivity contribution in [2.24, 2.45) is 11.8 Å². The van der Waals surface area contributed by atoms with E-state index in [-0.39, 0.29) is 30.9 Å². The summed E-state index contributed by atoms with van der Waals surface area (Å²) in [5.74, 6) is -2.41. The van der Waals surface area contributed by atoms with Crippen LogP contribution in [-0.2, 0) is 23.9 Å². The van der Waals surface area contributed by atoms with Crippen molar-refractivity contribution in [1.29, 1.82) is 0 Å². The predicted molar refractivity (Wildman–Crippen MR) is 147 cm³/mol. The molecule has 3 fully saturated rings. The smallest absolute Gasteiger partial charge is 0.249 e. The van der Waals surface area contributed by atoms with Crippen LogP contribution in [0.15, 0.2) is 54.6 Å². The summed E-state index contributed by atoms with van der Waals surface area (Å²) in [4.78, 5) is 50.1. The minimum atomic E-state index is -1.31. The number of anilines is 1. The number of aliphatic hydroxyl groups excluding tert-OH is 1. The van der Waals surface area contributed by atoms with E-state index in [1.54, 1.807) is 9.80 Å². The van der Waals surface area contributed by atoms with Crippen molar-refractivity contribution in [3.05, 3.63) is 54.6 Å². The molecule has 0 radical (unpaired) electrons. The summed E-state index contributed by atoms with van der Waals surface area (Å²) >= 11 is 0. The molecule has 5 aliphatic heterocycles. The van der Waals surface area contributed by atoms with Crippen molar-refractivity contribution in [2.45, 2.75) is 30.6 Å². The van der Waals surface area contributed by atoms with Gasteiger partial charge in [-0.15, -0.1) is 0 Å². The fraction of sp³-hybridized carbons (Fsp3) is 0.567. The standard InChI is InChI=1S/C30H38N4O6/c1-2-29-10-6-13-33(22-8-4-3-5-9-22)26(36)23(29)24-27(37)34(16-19-35)25-28(38)32(12-7-11-30(24,25)40-29)15-14-31-17-20-39-21-18-31/h3-11,23-25,35H,2,12-21H2,1H3/t23-,24-,25?,29+,30-/m0/s1. The van der Waals surface area contributed by atoms with E-state index in [9.17, 15) is 19.5 Å². The minimum Gasteiger partial charge on any atom is -0.395 e. The lowest BCUT2D eigenvalue weighted by Gasteiger charge is -2.38. The quantitative estimate of drug-likeness (QED) is 0.498. The highest BCUT2D eigenvalue weighted by molar-refractivity contribution is 6.04. The third-order valence-electron chi connectivity index (χ3n) is 9.22.